The monoisotopic (exact) mass is 305 g/mol. The van der Waals surface area contributed by atoms with E-state index in [-0.39, 0.29) is 12.0 Å². The van der Waals surface area contributed by atoms with Crippen LogP contribution < -0.4 is 15.8 Å². The number of carbonyl (C=O) groups is 1. The van der Waals surface area contributed by atoms with Gasteiger partial charge in [-0.25, -0.2) is 4.98 Å². The van der Waals surface area contributed by atoms with E-state index >= 15 is 0 Å². The van der Waals surface area contributed by atoms with Crippen LogP contribution in [0.2, 0.25) is 0 Å². The van der Waals surface area contributed by atoms with Gasteiger partial charge >= 0.3 is 0 Å². The predicted octanol–water partition coefficient (Wildman–Crippen LogP) is 3.46. The zero-order chi connectivity index (χ0) is 15.4. The smallest absolute Gasteiger partial charge is 0.267 e. The molecule has 0 saturated carbocycles. The van der Waals surface area contributed by atoms with Gasteiger partial charge in [0, 0.05) is 11.8 Å². The van der Waals surface area contributed by atoms with Crippen LogP contribution in [0.25, 0.3) is 0 Å². The van der Waals surface area contributed by atoms with E-state index in [2.05, 4.69) is 17.2 Å². The van der Waals surface area contributed by atoms with E-state index in [9.17, 15) is 4.79 Å². The van der Waals surface area contributed by atoms with E-state index in [1.54, 1.807) is 6.92 Å². The summed E-state index contributed by atoms with van der Waals surface area (Å²) in [5, 5.41) is 3.23. The summed E-state index contributed by atoms with van der Waals surface area (Å²) in [6.07, 6.45) is 1.06. The van der Waals surface area contributed by atoms with Crippen LogP contribution in [0, 0.1) is 6.92 Å². The molecule has 2 rings (SSSR count). The van der Waals surface area contributed by atoms with Gasteiger partial charge in [0.05, 0.1) is 11.8 Å². The largest absolute Gasteiger partial charge is 0.491 e. The average molecular weight is 305 g/mol. The van der Waals surface area contributed by atoms with Crippen molar-refractivity contribution in [2.45, 2.75) is 33.3 Å². The normalized spacial score (nSPS) is 12.0. The number of nitrogen functional groups attached to an aromatic ring is 1. The van der Waals surface area contributed by atoms with Crippen molar-refractivity contribution in [3.05, 3.63) is 34.8 Å². The molecule has 1 unspecified atom stereocenters. The number of aromatic nitrogens is 1. The number of nitrogens with two attached hydrogens (primary N) is 1. The second-order valence-electron chi connectivity index (χ2n) is 4.79. The maximum Gasteiger partial charge on any atom is 0.267 e. The fourth-order valence-corrected chi connectivity index (χ4v) is 2.51. The lowest BCUT2D eigenvalue weighted by Gasteiger charge is -2.13. The van der Waals surface area contributed by atoms with Gasteiger partial charge in [-0.15, -0.1) is 0 Å². The Kier molecular flexibility index (Phi) is 4.80. The second kappa shape index (κ2) is 6.58. The lowest BCUT2D eigenvalue weighted by Crippen LogP contribution is -2.12. The Morgan fingerprint density at radius 1 is 1.52 bits per heavy atom. The molecule has 21 heavy (non-hydrogen) atoms. The van der Waals surface area contributed by atoms with E-state index in [0.717, 1.165) is 12.2 Å². The Labute approximate surface area is 128 Å². The predicted molar refractivity (Wildman–Crippen MR) is 86.0 cm³/mol. The van der Waals surface area contributed by atoms with Crippen molar-refractivity contribution in [1.82, 2.24) is 4.98 Å². The molecule has 0 bridgehead atoms. The number of rotatable bonds is 5. The quantitative estimate of drug-likeness (QED) is 0.886. The first-order valence-corrected chi connectivity index (χ1v) is 7.62. The number of ether oxygens (including phenoxy) is 1. The standard InChI is InChI=1S/C15H19N3O2S/c1-4-9(2)20-12-7-5-6-11(8-12)18-14(19)13-10(3)17-15(16)21-13/h5-9H,4H2,1-3H3,(H2,16,17)(H,18,19). The van der Waals surface area contributed by atoms with Gasteiger partial charge in [0.25, 0.3) is 5.91 Å². The van der Waals surface area contributed by atoms with Crippen LogP contribution in [0.4, 0.5) is 10.8 Å². The van der Waals surface area contributed by atoms with Crippen molar-refractivity contribution in [3.63, 3.8) is 0 Å². The molecule has 3 N–H and O–H groups in total. The third kappa shape index (κ3) is 3.95. The van der Waals surface area contributed by atoms with Crippen LogP contribution >= 0.6 is 11.3 Å². The SMILES string of the molecule is CCC(C)Oc1cccc(NC(=O)c2sc(N)nc2C)c1. The van der Waals surface area contributed by atoms with Crippen LogP contribution in [-0.4, -0.2) is 17.0 Å². The Morgan fingerprint density at radius 2 is 2.29 bits per heavy atom. The summed E-state index contributed by atoms with van der Waals surface area (Å²) in [4.78, 5) is 16.8. The lowest BCUT2D eigenvalue weighted by atomic mass is 10.2. The van der Waals surface area contributed by atoms with Crippen LogP contribution in [0.1, 0.15) is 35.6 Å². The zero-order valence-corrected chi connectivity index (χ0v) is 13.2. The Balaban J connectivity index is 2.11. The van der Waals surface area contributed by atoms with Crippen LogP contribution in [-0.2, 0) is 0 Å². The van der Waals surface area contributed by atoms with E-state index in [0.29, 0.717) is 21.4 Å². The fraction of sp³-hybridized carbons (Fsp3) is 0.333. The van der Waals surface area contributed by atoms with Crippen molar-refractivity contribution in [3.8, 4) is 5.75 Å². The molecular weight excluding hydrogens is 286 g/mol. The van der Waals surface area contributed by atoms with Crippen molar-refractivity contribution >= 4 is 28.1 Å². The van der Waals surface area contributed by atoms with Gasteiger partial charge in [0.1, 0.15) is 10.6 Å². The lowest BCUT2D eigenvalue weighted by molar-refractivity contribution is 0.103. The number of benzene rings is 1. The summed E-state index contributed by atoms with van der Waals surface area (Å²) in [5.74, 6) is 0.532. The maximum absolute atomic E-state index is 12.2. The second-order valence-corrected chi connectivity index (χ2v) is 5.82. The van der Waals surface area contributed by atoms with E-state index < -0.39 is 0 Å². The molecule has 0 saturated heterocycles. The Hall–Kier alpha value is -2.08. The third-order valence-electron chi connectivity index (χ3n) is 3.02. The maximum atomic E-state index is 12.2. The minimum atomic E-state index is -0.206. The molecule has 0 spiro atoms. The molecule has 1 amide bonds. The topological polar surface area (TPSA) is 77.2 Å². The number of nitrogens with one attached hydrogen (secondary N) is 1. The van der Waals surface area contributed by atoms with Gasteiger partial charge < -0.3 is 15.8 Å². The molecule has 1 aromatic heterocycles. The highest BCUT2D eigenvalue weighted by Gasteiger charge is 2.14. The number of thiazole rings is 1. The summed E-state index contributed by atoms with van der Waals surface area (Å²) >= 11 is 1.18. The van der Waals surface area contributed by atoms with E-state index in [1.807, 2.05) is 31.2 Å². The molecule has 1 heterocycles. The van der Waals surface area contributed by atoms with E-state index in [1.165, 1.54) is 11.3 Å². The highest BCUT2D eigenvalue weighted by Crippen LogP contribution is 2.23. The number of hydrogen-bond acceptors (Lipinski definition) is 5. The molecule has 0 aliphatic rings. The van der Waals surface area contributed by atoms with Crippen molar-refractivity contribution in [2.75, 3.05) is 11.1 Å². The van der Waals surface area contributed by atoms with Gasteiger partial charge in [0.15, 0.2) is 5.13 Å². The van der Waals surface area contributed by atoms with Crippen molar-refractivity contribution in [1.29, 1.82) is 0 Å². The first-order valence-electron chi connectivity index (χ1n) is 6.80. The summed E-state index contributed by atoms with van der Waals surface area (Å²) in [7, 11) is 0. The molecule has 0 fully saturated rings. The fourth-order valence-electron chi connectivity index (χ4n) is 1.78. The van der Waals surface area contributed by atoms with Gasteiger partial charge in [-0.2, -0.15) is 0 Å². The minimum absolute atomic E-state index is 0.138. The number of anilines is 2. The van der Waals surface area contributed by atoms with Gasteiger partial charge in [-0.05, 0) is 32.4 Å². The highest BCUT2D eigenvalue weighted by atomic mass is 32.1. The molecular formula is C15H19N3O2S. The third-order valence-corrected chi connectivity index (χ3v) is 4.01. The number of nitrogens with zero attached hydrogens (tertiary/aromatic N) is 1. The summed E-state index contributed by atoms with van der Waals surface area (Å²) < 4.78 is 5.74. The average Bonchev–Trinajstić information content (AvgIpc) is 2.78. The van der Waals surface area contributed by atoms with Crippen molar-refractivity contribution < 1.29 is 9.53 Å². The number of carbonyl (C=O) groups excluding carboxylic acids is 1. The first-order chi connectivity index (χ1) is 9.99. The highest BCUT2D eigenvalue weighted by molar-refractivity contribution is 7.17. The van der Waals surface area contributed by atoms with Crippen molar-refractivity contribution in [2.24, 2.45) is 0 Å². The Morgan fingerprint density at radius 3 is 2.90 bits per heavy atom. The summed E-state index contributed by atoms with van der Waals surface area (Å²) in [6, 6.07) is 7.35. The molecule has 1 aromatic carbocycles. The molecule has 0 aliphatic carbocycles. The number of aryl methyl sites for hydroxylation is 1. The molecule has 0 radical (unpaired) electrons. The van der Waals surface area contributed by atoms with Crippen LogP contribution in [0.5, 0.6) is 5.75 Å². The number of hydrogen-bond donors (Lipinski definition) is 2. The molecule has 1 atom stereocenters. The van der Waals surface area contributed by atoms with Crippen LogP contribution in [0.15, 0.2) is 24.3 Å². The van der Waals surface area contributed by atoms with Gasteiger partial charge in [0.2, 0.25) is 0 Å². The van der Waals surface area contributed by atoms with Gasteiger partial charge in [-0.1, -0.05) is 24.3 Å². The Bertz CT molecular complexity index is 640. The van der Waals surface area contributed by atoms with E-state index in [4.69, 9.17) is 10.5 Å². The van der Waals surface area contributed by atoms with Gasteiger partial charge in [-0.3, -0.25) is 4.79 Å². The molecule has 2 aromatic rings. The summed E-state index contributed by atoms with van der Waals surface area (Å²) in [6.45, 7) is 5.84. The minimum Gasteiger partial charge on any atom is -0.491 e. The number of amides is 1. The molecule has 5 nitrogen and oxygen atoms in total. The molecule has 6 heteroatoms. The van der Waals surface area contributed by atoms with Crippen LogP contribution in [0.3, 0.4) is 0 Å². The summed E-state index contributed by atoms with van der Waals surface area (Å²) in [5.41, 5.74) is 6.94. The molecule has 112 valence electrons. The zero-order valence-electron chi connectivity index (χ0n) is 12.3. The first kappa shape index (κ1) is 15.3. The molecule has 0 aliphatic heterocycles.